The molecule has 7 nitrogen and oxygen atoms in total. The summed E-state index contributed by atoms with van der Waals surface area (Å²) < 4.78 is 54.7. The second-order valence-electron chi connectivity index (χ2n) is 7.75. The highest BCUT2D eigenvalue weighted by Gasteiger charge is 2.39. The second-order valence-corrected chi connectivity index (χ2v) is 8.16. The van der Waals surface area contributed by atoms with Crippen LogP contribution in [0.5, 0.6) is 11.5 Å². The SMILES string of the molecule is COC(=O)[C@@H]1C[C@@H](NC(=O)c2cc(C(F)(F)F)ccc2Cl)CN1Cc1ccc2c(c1)OCO2. The minimum atomic E-state index is -4.61. The summed E-state index contributed by atoms with van der Waals surface area (Å²) >= 11 is 5.98. The Balaban J connectivity index is 1.49. The van der Waals surface area contributed by atoms with Crippen molar-refractivity contribution in [3.63, 3.8) is 0 Å². The maximum atomic E-state index is 13.0. The molecule has 0 spiro atoms. The number of methoxy groups -OCH3 is 1. The number of amides is 1. The maximum absolute atomic E-state index is 13.0. The van der Waals surface area contributed by atoms with E-state index in [0.29, 0.717) is 18.0 Å². The molecule has 4 rings (SSSR count). The molecule has 33 heavy (non-hydrogen) atoms. The van der Waals surface area contributed by atoms with Crippen LogP contribution < -0.4 is 14.8 Å². The van der Waals surface area contributed by atoms with Crippen LogP contribution in [0.2, 0.25) is 5.02 Å². The van der Waals surface area contributed by atoms with Gasteiger partial charge in [0, 0.05) is 19.1 Å². The van der Waals surface area contributed by atoms with Crippen molar-refractivity contribution < 1.29 is 37.0 Å². The lowest BCUT2D eigenvalue weighted by Gasteiger charge is -2.22. The Kier molecular flexibility index (Phi) is 6.40. The molecule has 2 heterocycles. The van der Waals surface area contributed by atoms with E-state index in [1.54, 1.807) is 6.07 Å². The zero-order valence-electron chi connectivity index (χ0n) is 17.4. The highest BCUT2D eigenvalue weighted by Crippen LogP contribution is 2.34. The summed E-state index contributed by atoms with van der Waals surface area (Å²) in [5.74, 6) is 0.0207. The Morgan fingerprint density at radius 1 is 1.18 bits per heavy atom. The molecule has 0 unspecified atom stereocenters. The number of carbonyl (C=O) groups is 2. The first kappa shape index (κ1) is 23.2. The first-order valence-electron chi connectivity index (χ1n) is 10.0. The van der Waals surface area contributed by atoms with E-state index < -0.39 is 35.7 Å². The molecule has 1 fully saturated rings. The van der Waals surface area contributed by atoms with Crippen LogP contribution in [0, 0.1) is 0 Å². The molecule has 0 bridgehead atoms. The summed E-state index contributed by atoms with van der Waals surface area (Å²) in [6, 6.07) is 6.86. The summed E-state index contributed by atoms with van der Waals surface area (Å²) in [4.78, 5) is 26.9. The van der Waals surface area contributed by atoms with Gasteiger partial charge in [-0.3, -0.25) is 14.5 Å². The Morgan fingerprint density at radius 2 is 1.94 bits per heavy atom. The van der Waals surface area contributed by atoms with Crippen LogP contribution in [0.15, 0.2) is 36.4 Å². The first-order valence-corrected chi connectivity index (χ1v) is 10.4. The largest absolute Gasteiger partial charge is 0.468 e. The average Bonchev–Trinajstić information content (AvgIpc) is 3.39. The van der Waals surface area contributed by atoms with E-state index in [1.165, 1.54) is 7.11 Å². The number of likely N-dealkylation sites (tertiary alicyclic amines) is 1. The molecule has 11 heteroatoms. The molecule has 2 atom stereocenters. The van der Waals surface area contributed by atoms with Gasteiger partial charge in [0.25, 0.3) is 5.91 Å². The van der Waals surface area contributed by atoms with Crippen molar-refractivity contribution in [2.45, 2.75) is 31.2 Å². The Morgan fingerprint density at radius 3 is 2.67 bits per heavy atom. The molecule has 0 radical (unpaired) electrons. The number of hydrogen-bond acceptors (Lipinski definition) is 6. The summed E-state index contributed by atoms with van der Waals surface area (Å²) in [5.41, 5.74) is -0.392. The van der Waals surface area contributed by atoms with Crippen molar-refractivity contribution in [3.05, 3.63) is 58.1 Å². The number of alkyl halides is 3. The zero-order chi connectivity index (χ0) is 23.8. The summed E-state index contributed by atoms with van der Waals surface area (Å²) in [7, 11) is 1.27. The molecule has 0 aliphatic carbocycles. The number of carbonyl (C=O) groups excluding carboxylic acids is 2. The van der Waals surface area contributed by atoms with Crippen LogP contribution in [0.4, 0.5) is 13.2 Å². The van der Waals surface area contributed by atoms with Gasteiger partial charge in [0.15, 0.2) is 11.5 Å². The number of nitrogens with one attached hydrogen (secondary N) is 1. The van der Waals surface area contributed by atoms with Gasteiger partial charge in [0.1, 0.15) is 6.04 Å². The molecule has 0 aromatic heterocycles. The van der Waals surface area contributed by atoms with Crippen LogP contribution in [0.3, 0.4) is 0 Å². The third-order valence-corrected chi connectivity index (χ3v) is 5.90. The quantitative estimate of drug-likeness (QED) is 0.653. The van der Waals surface area contributed by atoms with E-state index in [-0.39, 0.29) is 30.3 Å². The number of ether oxygens (including phenoxy) is 3. The Labute approximate surface area is 192 Å². The van der Waals surface area contributed by atoms with Gasteiger partial charge in [0.05, 0.1) is 23.3 Å². The van der Waals surface area contributed by atoms with Gasteiger partial charge in [-0.15, -0.1) is 0 Å². The van der Waals surface area contributed by atoms with Crippen LogP contribution in [0.25, 0.3) is 0 Å². The van der Waals surface area contributed by atoms with Crippen molar-refractivity contribution in [2.24, 2.45) is 0 Å². The second kappa shape index (κ2) is 9.11. The van der Waals surface area contributed by atoms with Crippen molar-refractivity contribution in [2.75, 3.05) is 20.4 Å². The van der Waals surface area contributed by atoms with Crippen LogP contribution >= 0.6 is 11.6 Å². The van der Waals surface area contributed by atoms with Gasteiger partial charge >= 0.3 is 12.1 Å². The van der Waals surface area contributed by atoms with Crippen molar-refractivity contribution in [1.29, 1.82) is 0 Å². The van der Waals surface area contributed by atoms with Gasteiger partial charge in [0.2, 0.25) is 6.79 Å². The van der Waals surface area contributed by atoms with Gasteiger partial charge in [-0.2, -0.15) is 13.2 Å². The molecular weight excluding hydrogens is 465 g/mol. The van der Waals surface area contributed by atoms with E-state index in [9.17, 15) is 22.8 Å². The lowest BCUT2D eigenvalue weighted by Crippen LogP contribution is -2.38. The molecule has 0 saturated carbocycles. The van der Waals surface area contributed by atoms with E-state index in [4.69, 9.17) is 25.8 Å². The molecule has 1 saturated heterocycles. The van der Waals surface area contributed by atoms with Crippen molar-refractivity contribution in [3.8, 4) is 11.5 Å². The zero-order valence-corrected chi connectivity index (χ0v) is 18.2. The molecule has 2 aliphatic rings. The van der Waals surface area contributed by atoms with E-state index in [0.717, 1.165) is 23.8 Å². The Hall–Kier alpha value is -2.98. The van der Waals surface area contributed by atoms with E-state index in [2.05, 4.69) is 5.32 Å². The fourth-order valence-electron chi connectivity index (χ4n) is 3.98. The number of hydrogen-bond donors (Lipinski definition) is 1. The standard InChI is InChI=1S/C22H20ClF3N2O5/c1-31-21(30)17-8-14(10-28(17)9-12-2-5-18-19(6-12)33-11-32-18)27-20(29)15-7-13(22(24,25)26)3-4-16(15)23/h2-7,14,17H,8-11H2,1H3,(H,27,29)/t14-,17+/m1/s1. The van der Waals surface area contributed by atoms with Gasteiger partial charge < -0.3 is 19.5 Å². The number of fused-ring (bicyclic) bond motifs is 1. The molecule has 176 valence electrons. The average molecular weight is 485 g/mol. The monoisotopic (exact) mass is 484 g/mol. The number of esters is 1. The van der Waals surface area contributed by atoms with Crippen LogP contribution in [-0.4, -0.2) is 49.3 Å². The van der Waals surface area contributed by atoms with Gasteiger partial charge in [-0.25, -0.2) is 0 Å². The summed E-state index contributed by atoms with van der Waals surface area (Å²) in [5, 5.41) is 2.60. The summed E-state index contributed by atoms with van der Waals surface area (Å²) in [6.45, 7) is 0.795. The smallest absolute Gasteiger partial charge is 0.416 e. The minimum absolute atomic E-state index is 0.0970. The summed E-state index contributed by atoms with van der Waals surface area (Å²) in [6.07, 6.45) is -4.37. The third-order valence-electron chi connectivity index (χ3n) is 5.57. The number of nitrogens with zero attached hydrogens (tertiary/aromatic N) is 1. The van der Waals surface area contributed by atoms with Gasteiger partial charge in [-0.05, 0) is 42.3 Å². The predicted molar refractivity (Wildman–Crippen MR) is 111 cm³/mol. The number of rotatable bonds is 5. The lowest BCUT2D eigenvalue weighted by molar-refractivity contribution is -0.146. The van der Waals surface area contributed by atoms with Crippen LogP contribution in [-0.2, 0) is 22.3 Å². The highest BCUT2D eigenvalue weighted by molar-refractivity contribution is 6.33. The molecule has 2 aliphatic heterocycles. The number of halogens is 4. The fourth-order valence-corrected chi connectivity index (χ4v) is 4.18. The minimum Gasteiger partial charge on any atom is -0.468 e. The molecule has 2 aromatic rings. The maximum Gasteiger partial charge on any atom is 0.416 e. The van der Waals surface area contributed by atoms with Crippen molar-refractivity contribution >= 4 is 23.5 Å². The van der Waals surface area contributed by atoms with Crippen LogP contribution in [0.1, 0.15) is 27.9 Å². The molecule has 2 aromatic carbocycles. The normalized spacial score (nSPS) is 20.0. The van der Waals surface area contributed by atoms with E-state index >= 15 is 0 Å². The highest BCUT2D eigenvalue weighted by atomic mass is 35.5. The fraction of sp³-hybridized carbons (Fsp3) is 0.364. The third kappa shape index (κ3) is 5.01. The Bertz CT molecular complexity index is 1080. The van der Waals surface area contributed by atoms with Gasteiger partial charge in [-0.1, -0.05) is 17.7 Å². The number of benzene rings is 2. The van der Waals surface area contributed by atoms with E-state index in [1.807, 2.05) is 17.0 Å². The molecular formula is C22H20ClF3N2O5. The molecule has 1 amide bonds. The first-order chi connectivity index (χ1) is 15.7. The molecule has 1 N–H and O–H groups in total. The lowest BCUT2D eigenvalue weighted by atomic mass is 10.1. The predicted octanol–water partition coefficient (Wildman–Crippen LogP) is 3.63. The topological polar surface area (TPSA) is 77.1 Å². The van der Waals surface area contributed by atoms with Crippen molar-refractivity contribution in [1.82, 2.24) is 10.2 Å².